The summed E-state index contributed by atoms with van der Waals surface area (Å²) in [5, 5.41) is 11.4. The van der Waals surface area contributed by atoms with E-state index in [9.17, 15) is 10.1 Å². The number of hydrogen-bond acceptors (Lipinski definition) is 3. The largest absolute Gasteiger partial charge is 0.374 e. The van der Waals surface area contributed by atoms with Gasteiger partial charge in [0.05, 0.1) is 4.92 Å². The number of nitro groups is 1. The minimum Gasteiger partial charge on any atom is -0.374 e. The van der Waals surface area contributed by atoms with Gasteiger partial charge in [0.15, 0.2) is 0 Å². The van der Waals surface area contributed by atoms with Crippen LogP contribution in [0.1, 0.15) is 11.1 Å². The van der Waals surface area contributed by atoms with E-state index in [1.54, 1.807) is 12.1 Å². The Kier molecular flexibility index (Phi) is 5.33. The van der Waals surface area contributed by atoms with E-state index in [0.29, 0.717) is 10.9 Å². The maximum Gasteiger partial charge on any atom is 0.273 e. The van der Waals surface area contributed by atoms with Crippen molar-refractivity contribution >= 4 is 27.3 Å². The van der Waals surface area contributed by atoms with Crippen molar-refractivity contribution in [3.8, 4) is 0 Å². The summed E-state index contributed by atoms with van der Waals surface area (Å²) in [6.45, 7) is 0.865. The Bertz CT molecular complexity index is 617. The van der Waals surface area contributed by atoms with Crippen LogP contribution in [0.15, 0.2) is 48.5 Å². The van der Waals surface area contributed by atoms with Gasteiger partial charge in [0.2, 0.25) is 0 Å². The average molecular weight is 349 g/mol. The van der Waals surface area contributed by atoms with Crippen molar-refractivity contribution in [1.29, 1.82) is 0 Å². The number of nitro benzene ring substituents is 1. The Hall–Kier alpha value is -1.88. The Morgan fingerprint density at radius 2 is 1.90 bits per heavy atom. The second-order valence-electron chi connectivity index (χ2n) is 4.86. The molecule has 0 fully saturated rings. The van der Waals surface area contributed by atoms with Gasteiger partial charge in [-0.05, 0) is 24.1 Å². The highest BCUT2D eigenvalue weighted by Crippen LogP contribution is 2.26. The molecule has 0 bridgehead atoms. The number of likely N-dealkylation sites (N-methyl/N-ethyl adjacent to an activating group) is 1. The van der Waals surface area contributed by atoms with Crippen LogP contribution in [-0.4, -0.2) is 18.5 Å². The zero-order valence-corrected chi connectivity index (χ0v) is 13.4. The summed E-state index contributed by atoms with van der Waals surface area (Å²) in [6, 6.07) is 15.5. The number of nitrogens with zero attached hydrogens (tertiary/aromatic N) is 2. The molecule has 0 spiro atoms. The third-order valence-corrected chi connectivity index (χ3v) is 4.03. The predicted octanol–water partition coefficient (Wildman–Crippen LogP) is 4.17. The lowest BCUT2D eigenvalue weighted by Gasteiger charge is -2.20. The van der Waals surface area contributed by atoms with Crippen LogP contribution < -0.4 is 4.90 Å². The van der Waals surface area contributed by atoms with Crippen LogP contribution in [0.4, 0.5) is 11.4 Å². The van der Waals surface area contributed by atoms with Crippen LogP contribution in [0.25, 0.3) is 0 Å². The molecule has 0 radical (unpaired) electrons. The third kappa shape index (κ3) is 4.04. The number of halogens is 1. The summed E-state index contributed by atoms with van der Waals surface area (Å²) in [6.07, 6.45) is 0.942. The molecular weight excluding hydrogens is 332 g/mol. The van der Waals surface area contributed by atoms with Gasteiger partial charge in [-0.1, -0.05) is 46.3 Å². The van der Waals surface area contributed by atoms with Gasteiger partial charge in [0.1, 0.15) is 0 Å². The monoisotopic (exact) mass is 348 g/mol. The standard InChI is InChI=1S/C16H17BrN2O2/c1-18(10-9-13-5-3-2-4-6-13)15-7-8-16(19(20)21)14(11-15)12-17/h2-8,11H,9-10,12H2,1H3. The molecular formula is C16H17BrN2O2. The molecule has 110 valence electrons. The van der Waals surface area contributed by atoms with Gasteiger partial charge in [-0.2, -0.15) is 0 Å². The van der Waals surface area contributed by atoms with Crippen molar-refractivity contribution in [3.05, 3.63) is 69.8 Å². The van der Waals surface area contributed by atoms with Gasteiger partial charge in [-0.3, -0.25) is 10.1 Å². The van der Waals surface area contributed by atoms with E-state index in [4.69, 9.17) is 0 Å². The fourth-order valence-corrected chi connectivity index (χ4v) is 2.61. The Balaban J connectivity index is 2.08. The molecule has 0 aliphatic carbocycles. The van der Waals surface area contributed by atoms with E-state index in [1.165, 1.54) is 5.56 Å². The summed E-state index contributed by atoms with van der Waals surface area (Å²) >= 11 is 3.31. The van der Waals surface area contributed by atoms with Gasteiger partial charge in [-0.15, -0.1) is 0 Å². The molecule has 0 N–H and O–H groups in total. The fourth-order valence-electron chi connectivity index (χ4n) is 2.17. The zero-order valence-electron chi connectivity index (χ0n) is 11.8. The highest BCUT2D eigenvalue weighted by Gasteiger charge is 2.14. The molecule has 0 aliphatic heterocycles. The highest BCUT2D eigenvalue weighted by atomic mass is 79.9. The van der Waals surface area contributed by atoms with Gasteiger partial charge in [0.25, 0.3) is 5.69 Å². The molecule has 0 atom stereocenters. The van der Waals surface area contributed by atoms with Crippen molar-refractivity contribution in [3.63, 3.8) is 0 Å². The van der Waals surface area contributed by atoms with E-state index in [-0.39, 0.29) is 10.6 Å². The van der Waals surface area contributed by atoms with Gasteiger partial charge >= 0.3 is 0 Å². The van der Waals surface area contributed by atoms with Crippen molar-refractivity contribution < 1.29 is 4.92 Å². The highest BCUT2D eigenvalue weighted by molar-refractivity contribution is 9.08. The first kappa shape index (κ1) is 15.5. The summed E-state index contributed by atoms with van der Waals surface area (Å²) in [5.41, 5.74) is 3.13. The molecule has 0 amide bonds. The Morgan fingerprint density at radius 3 is 2.52 bits per heavy atom. The average Bonchev–Trinajstić information content (AvgIpc) is 2.52. The van der Waals surface area contributed by atoms with Crippen molar-refractivity contribution in [2.75, 3.05) is 18.5 Å². The molecule has 2 rings (SSSR count). The fraction of sp³-hybridized carbons (Fsp3) is 0.250. The lowest BCUT2D eigenvalue weighted by Crippen LogP contribution is -2.20. The SMILES string of the molecule is CN(CCc1ccccc1)c1ccc([N+](=O)[O-])c(CBr)c1. The van der Waals surface area contributed by atoms with Crippen LogP contribution >= 0.6 is 15.9 Å². The van der Waals surface area contributed by atoms with Crippen LogP contribution in [0, 0.1) is 10.1 Å². The Labute approximate surface area is 132 Å². The first-order valence-corrected chi connectivity index (χ1v) is 7.82. The molecule has 0 saturated heterocycles. The molecule has 0 heterocycles. The van der Waals surface area contributed by atoms with E-state index in [0.717, 1.165) is 18.7 Å². The molecule has 0 unspecified atom stereocenters. The van der Waals surface area contributed by atoms with Crippen LogP contribution in [0.2, 0.25) is 0 Å². The maximum absolute atomic E-state index is 10.9. The third-order valence-electron chi connectivity index (χ3n) is 3.42. The zero-order chi connectivity index (χ0) is 15.2. The first-order chi connectivity index (χ1) is 10.1. The second kappa shape index (κ2) is 7.22. The molecule has 0 saturated carbocycles. The maximum atomic E-state index is 10.9. The van der Waals surface area contributed by atoms with E-state index < -0.39 is 0 Å². The van der Waals surface area contributed by atoms with Crippen molar-refractivity contribution in [2.45, 2.75) is 11.8 Å². The molecule has 0 aliphatic rings. The predicted molar refractivity (Wildman–Crippen MR) is 89.1 cm³/mol. The number of hydrogen-bond donors (Lipinski definition) is 0. The van der Waals surface area contributed by atoms with Gasteiger partial charge in [-0.25, -0.2) is 0 Å². The minimum atomic E-state index is -0.343. The quantitative estimate of drug-likeness (QED) is 0.447. The number of alkyl halides is 1. The molecule has 2 aromatic rings. The second-order valence-corrected chi connectivity index (χ2v) is 5.42. The number of benzene rings is 2. The topological polar surface area (TPSA) is 46.4 Å². The smallest absolute Gasteiger partial charge is 0.273 e. The van der Waals surface area contributed by atoms with Crippen LogP contribution in [0.3, 0.4) is 0 Å². The van der Waals surface area contributed by atoms with Crippen molar-refractivity contribution in [2.24, 2.45) is 0 Å². The lowest BCUT2D eigenvalue weighted by atomic mass is 10.1. The molecule has 2 aromatic carbocycles. The lowest BCUT2D eigenvalue weighted by molar-refractivity contribution is -0.385. The summed E-state index contributed by atoms with van der Waals surface area (Å²) in [4.78, 5) is 12.7. The number of rotatable bonds is 6. The summed E-state index contributed by atoms with van der Waals surface area (Å²) < 4.78 is 0. The van der Waals surface area contributed by atoms with E-state index in [1.807, 2.05) is 31.3 Å². The Morgan fingerprint density at radius 1 is 1.19 bits per heavy atom. The normalized spacial score (nSPS) is 10.4. The number of anilines is 1. The minimum absolute atomic E-state index is 0.159. The van der Waals surface area contributed by atoms with E-state index >= 15 is 0 Å². The van der Waals surface area contributed by atoms with Crippen molar-refractivity contribution in [1.82, 2.24) is 0 Å². The molecule has 4 nitrogen and oxygen atoms in total. The summed E-state index contributed by atoms with van der Waals surface area (Å²) in [5.74, 6) is 0. The molecule has 5 heteroatoms. The van der Waals surface area contributed by atoms with Crippen LogP contribution in [-0.2, 0) is 11.8 Å². The van der Waals surface area contributed by atoms with Gasteiger partial charge in [0, 0.05) is 36.2 Å². The first-order valence-electron chi connectivity index (χ1n) is 6.70. The molecule has 21 heavy (non-hydrogen) atoms. The molecule has 0 aromatic heterocycles. The van der Waals surface area contributed by atoms with E-state index in [2.05, 4.69) is 33.0 Å². The van der Waals surface area contributed by atoms with Crippen LogP contribution in [0.5, 0.6) is 0 Å². The van der Waals surface area contributed by atoms with Gasteiger partial charge < -0.3 is 4.90 Å². The summed E-state index contributed by atoms with van der Waals surface area (Å²) in [7, 11) is 2.00.